The Kier molecular flexibility index (Phi) is 4.31. The van der Waals surface area contributed by atoms with Gasteiger partial charge in [0.1, 0.15) is 5.82 Å². The summed E-state index contributed by atoms with van der Waals surface area (Å²) in [5.74, 6) is 1.60. The van der Waals surface area contributed by atoms with Gasteiger partial charge >= 0.3 is 0 Å². The molecule has 1 aliphatic rings. The number of hydrogen-bond donors (Lipinski definition) is 1. The number of aromatic nitrogens is 4. The van der Waals surface area contributed by atoms with Crippen LogP contribution < -0.4 is 0 Å². The second-order valence-corrected chi connectivity index (χ2v) is 6.44. The summed E-state index contributed by atoms with van der Waals surface area (Å²) in [7, 11) is 2.11. The van der Waals surface area contributed by atoms with E-state index in [4.69, 9.17) is 4.98 Å². The van der Waals surface area contributed by atoms with Crippen molar-refractivity contribution in [3.05, 3.63) is 35.7 Å². The topological polar surface area (TPSA) is 59.1 Å². The minimum absolute atomic E-state index is 0.408. The van der Waals surface area contributed by atoms with Crippen LogP contribution in [0.1, 0.15) is 37.0 Å². The monoisotopic (exact) mass is 303 g/mol. The molecule has 0 saturated carbocycles. The third-order valence-corrected chi connectivity index (χ3v) is 4.31. The van der Waals surface area contributed by atoms with E-state index in [1.807, 2.05) is 12.3 Å². The van der Waals surface area contributed by atoms with E-state index in [9.17, 15) is 5.11 Å². The van der Waals surface area contributed by atoms with Crippen LogP contribution in [0.4, 0.5) is 0 Å². The Hall–Kier alpha value is -1.66. The van der Waals surface area contributed by atoms with Gasteiger partial charge < -0.3 is 9.67 Å². The number of β-amino-alcohol motifs (C(OH)–C–C–N with tert-alkyl or cyclic N) is 1. The number of fused-ring (bicyclic) bond motifs is 1. The van der Waals surface area contributed by atoms with Gasteiger partial charge in [-0.1, -0.05) is 13.8 Å². The molecule has 22 heavy (non-hydrogen) atoms. The van der Waals surface area contributed by atoms with Crippen molar-refractivity contribution >= 4 is 0 Å². The highest BCUT2D eigenvalue weighted by Crippen LogP contribution is 2.23. The summed E-state index contributed by atoms with van der Waals surface area (Å²) in [5.41, 5.74) is 2.52. The summed E-state index contributed by atoms with van der Waals surface area (Å²) in [6, 6.07) is 1.88. The molecule has 6 heteroatoms. The molecule has 3 heterocycles. The fraction of sp³-hybridized carbons (Fsp3) is 0.625. The SMILES string of the molecule is CC(C)c1nc2c(n1C)CCN(C[C@H](O)Cn1cccn1)C2. The summed E-state index contributed by atoms with van der Waals surface area (Å²) in [6.45, 7) is 7.35. The molecule has 0 fully saturated rings. The molecule has 3 rings (SSSR count). The number of nitrogens with zero attached hydrogens (tertiary/aromatic N) is 5. The number of aliphatic hydroxyl groups excluding tert-OH is 1. The molecule has 1 N–H and O–H groups in total. The number of aliphatic hydroxyl groups is 1. The van der Waals surface area contributed by atoms with Crippen molar-refractivity contribution < 1.29 is 5.11 Å². The Morgan fingerprint density at radius 3 is 2.82 bits per heavy atom. The first kappa shape index (κ1) is 15.2. The first-order chi connectivity index (χ1) is 10.5. The molecular formula is C16H25N5O. The quantitative estimate of drug-likeness (QED) is 0.900. The zero-order valence-electron chi connectivity index (χ0n) is 13.6. The van der Waals surface area contributed by atoms with Gasteiger partial charge in [0.25, 0.3) is 0 Å². The van der Waals surface area contributed by atoms with Gasteiger partial charge in [-0.25, -0.2) is 4.98 Å². The molecule has 2 aromatic rings. The normalized spacial score (nSPS) is 17.0. The molecule has 0 unspecified atom stereocenters. The number of hydrogen-bond acceptors (Lipinski definition) is 4. The number of imidazole rings is 1. The summed E-state index contributed by atoms with van der Waals surface area (Å²) in [4.78, 5) is 7.09. The van der Waals surface area contributed by atoms with E-state index in [-0.39, 0.29) is 0 Å². The van der Waals surface area contributed by atoms with Crippen molar-refractivity contribution in [1.82, 2.24) is 24.2 Å². The Bertz CT molecular complexity index is 617. The van der Waals surface area contributed by atoms with Crippen LogP contribution in [-0.2, 0) is 26.6 Å². The van der Waals surface area contributed by atoms with Gasteiger partial charge in [-0.05, 0) is 6.07 Å². The minimum Gasteiger partial charge on any atom is -0.390 e. The molecular weight excluding hydrogens is 278 g/mol. The molecule has 1 atom stereocenters. The average molecular weight is 303 g/mol. The predicted molar refractivity (Wildman–Crippen MR) is 84.5 cm³/mol. The van der Waals surface area contributed by atoms with Gasteiger partial charge in [0.2, 0.25) is 0 Å². The maximum Gasteiger partial charge on any atom is 0.111 e. The van der Waals surface area contributed by atoms with Crippen LogP contribution in [0.15, 0.2) is 18.5 Å². The molecule has 2 aromatic heterocycles. The Morgan fingerprint density at radius 1 is 1.32 bits per heavy atom. The van der Waals surface area contributed by atoms with E-state index >= 15 is 0 Å². The molecule has 120 valence electrons. The molecule has 0 aliphatic carbocycles. The van der Waals surface area contributed by atoms with Crippen molar-refractivity contribution in [2.75, 3.05) is 13.1 Å². The highest BCUT2D eigenvalue weighted by molar-refractivity contribution is 5.21. The molecule has 0 aromatic carbocycles. The van der Waals surface area contributed by atoms with Crippen molar-refractivity contribution in [2.45, 2.75) is 45.4 Å². The first-order valence-corrected chi connectivity index (χ1v) is 7.96. The molecule has 0 saturated heterocycles. The van der Waals surface area contributed by atoms with Crippen LogP contribution in [0.25, 0.3) is 0 Å². The van der Waals surface area contributed by atoms with Gasteiger partial charge in [-0.15, -0.1) is 0 Å². The van der Waals surface area contributed by atoms with Crippen molar-refractivity contribution in [1.29, 1.82) is 0 Å². The second kappa shape index (κ2) is 6.22. The predicted octanol–water partition coefficient (Wildman–Crippen LogP) is 1.16. The van der Waals surface area contributed by atoms with Gasteiger partial charge in [0, 0.05) is 57.1 Å². The van der Waals surface area contributed by atoms with E-state index in [0.717, 1.165) is 25.3 Å². The molecule has 0 bridgehead atoms. The molecule has 1 aliphatic heterocycles. The van der Waals surface area contributed by atoms with E-state index < -0.39 is 6.10 Å². The summed E-state index contributed by atoms with van der Waals surface area (Å²) in [6.07, 6.45) is 4.21. The Morgan fingerprint density at radius 2 is 2.14 bits per heavy atom. The summed E-state index contributed by atoms with van der Waals surface area (Å²) < 4.78 is 4.02. The molecule has 0 radical (unpaired) electrons. The fourth-order valence-electron chi connectivity index (χ4n) is 3.26. The van der Waals surface area contributed by atoms with Crippen LogP contribution in [0.3, 0.4) is 0 Å². The van der Waals surface area contributed by atoms with Crippen LogP contribution in [0.2, 0.25) is 0 Å². The smallest absolute Gasteiger partial charge is 0.111 e. The average Bonchev–Trinajstić information content (AvgIpc) is 3.07. The van der Waals surface area contributed by atoms with Crippen LogP contribution >= 0.6 is 0 Å². The van der Waals surface area contributed by atoms with Gasteiger partial charge in [-0.2, -0.15) is 5.10 Å². The van der Waals surface area contributed by atoms with Crippen LogP contribution in [0, 0.1) is 0 Å². The standard InChI is InChI=1S/C16H25N5O/c1-12(2)16-18-14-11-20(8-5-15(14)19(16)3)9-13(22)10-21-7-4-6-17-21/h4,6-7,12-13,22H,5,8-11H2,1-3H3/t13-/m0/s1. The van der Waals surface area contributed by atoms with Gasteiger partial charge in [0.05, 0.1) is 18.3 Å². The van der Waals surface area contributed by atoms with Crippen molar-refractivity contribution in [3.8, 4) is 0 Å². The fourth-order valence-corrected chi connectivity index (χ4v) is 3.26. The summed E-state index contributed by atoms with van der Waals surface area (Å²) in [5, 5.41) is 14.4. The van der Waals surface area contributed by atoms with Crippen LogP contribution in [0.5, 0.6) is 0 Å². The minimum atomic E-state index is -0.408. The lowest BCUT2D eigenvalue weighted by Crippen LogP contribution is -2.38. The molecule has 0 spiro atoms. The molecule has 6 nitrogen and oxygen atoms in total. The van der Waals surface area contributed by atoms with E-state index in [1.165, 1.54) is 11.4 Å². The maximum atomic E-state index is 10.2. The maximum absolute atomic E-state index is 10.2. The van der Waals surface area contributed by atoms with Crippen molar-refractivity contribution in [2.24, 2.45) is 7.05 Å². The van der Waals surface area contributed by atoms with Gasteiger partial charge in [0.15, 0.2) is 0 Å². The number of rotatable bonds is 5. The Labute approximate surface area is 131 Å². The van der Waals surface area contributed by atoms with Gasteiger partial charge in [-0.3, -0.25) is 9.58 Å². The zero-order chi connectivity index (χ0) is 15.7. The first-order valence-electron chi connectivity index (χ1n) is 7.96. The summed E-state index contributed by atoms with van der Waals surface area (Å²) >= 11 is 0. The lowest BCUT2D eigenvalue weighted by atomic mass is 10.1. The lowest BCUT2D eigenvalue weighted by Gasteiger charge is -2.28. The van der Waals surface area contributed by atoms with Crippen molar-refractivity contribution in [3.63, 3.8) is 0 Å². The third kappa shape index (κ3) is 3.08. The lowest BCUT2D eigenvalue weighted by molar-refractivity contribution is 0.0879. The second-order valence-electron chi connectivity index (χ2n) is 6.44. The highest BCUT2D eigenvalue weighted by Gasteiger charge is 2.24. The zero-order valence-corrected chi connectivity index (χ0v) is 13.6. The third-order valence-electron chi connectivity index (χ3n) is 4.31. The Balaban J connectivity index is 1.63. The molecule has 0 amide bonds. The van der Waals surface area contributed by atoms with E-state index in [1.54, 1.807) is 10.9 Å². The largest absolute Gasteiger partial charge is 0.390 e. The highest BCUT2D eigenvalue weighted by atomic mass is 16.3. The van der Waals surface area contributed by atoms with Crippen LogP contribution in [-0.4, -0.2) is 48.5 Å². The van der Waals surface area contributed by atoms with E-state index in [2.05, 4.69) is 35.5 Å². The van der Waals surface area contributed by atoms with E-state index in [0.29, 0.717) is 19.0 Å².